The lowest BCUT2D eigenvalue weighted by Gasteiger charge is -2.24. The quantitative estimate of drug-likeness (QED) is 0.425. The second-order valence-electron chi connectivity index (χ2n) is 8.32. The minimum Gasteiger partial charge on any atom is -0.325 e. The van der Waals surface area contributed by atoms with Gasteiger partial charge in [0, 0.05) is 18.8 Å². The molecule has 0 aliphatic rings. The van der Waals surface area contributed by atoms with Crippen LogP contribution in [0, 0.1) is 13.8 Å². The first-order valence-corrected chi connectivity index (χ1v) is 14.4. The van der Waals surface area contributed by atoms with Gasteiger partial charge in [-0.3, -0.25) is 9.10 Å². The predicted octanol–water partition coefficient (Wildman–Crippen LogP) is 4.17. The first kappa shape index (κ1) is 27.4. The maximum Gasteiger partial charge on any atom is 0.264 e. The van der Waals surface area contributed by atoms with E-state index >= 15 is 0 Å². The number of carbonyl (C=O) groups is 1. The van der Waals surface area contributed by atoms with Crippen molar-refractivity contribution in [3.05, 3.63) is 83.9 Å². The number of nitrogens with zero attached hydrogens (tertiary/aromatic N) is 2. The SMILES string of the molecule is CCN(CC)S(=O)(=O)c1ccc(NC(=O)CN(c2ccc(C)cc2)S(=O)(=O)c2ccc(C)cc2)cc1. The van der Waals surface area contributed by atoms with Crippen LogP contribution in [0.15, 0.2) is 82.6 Å². The number of rotatable bonds is 10. The van der Waals surface area contributed by atoms with Crippen molar-refractivity contribution in [2.24, 2.45) is 0 Å². The summed E-state index contributed by atoms with van der Waals surface area (Å²) in [6.07, 6.45) is 0. The standard InChI is InChI=1S/C26H31N3O5S2/c1-5-28(6-2)35(31,32)24-17-11-22(12-18-24)27-26(30)19-29(23-13-7-20(3)8-14-23)36(33,34)25-15-9-21(4)10-16-25/h7-18H,5-6,19H2,1-4H3,(H,27,30). The molecule has 3 aromatic carbocycles. The number of nitrogens with one attached hydrogen (secondary N) is 1. The summed E-state index contributed by atoms with van der Waals surface area (Å²) in [7, 11) is -7.65. The molecule has 1 N–H and O–H groups in total. The third kappa shape index (κ3) is 6.13. The van der Waals surface area contributed by atoms with Crippen LogP contribution in [-0.2, 0) is 24.8 Å². The van der Waals surface area contributed by atoms with Crippen LogP contribution in [0.4, 0.5) is 11.4 Å². The number of carbonyl (C=O) groups excluding carboxylic acids is 1. The molecule has 0 bridgehead atoms. The zero-order valence-electron chi connectivity index (χ0n) is 20.8. The van der Waals surface area contributed by atoms with Gasteiger partial charge in [0.15, 0.2) is 0 Å². The fraction of sp³-hybridized carbons (Fsp3) is 0.269. The zero-order valence-corrected chi connectivity index (χ0v) is 22.4. The summed E-state index contributed by atoms with van der Waals surface area (Å²) < 4.78 is 54.7. The molecule has 36 heavy (non-hydrogen) atoms. The van der Waals surface area contributed by atoms with E-state index in [1.54, 1.807) is 50.2 Å². The molecule has 0 heterocycles. The largest absolute Gasteiger partial charge is 0.325 e. The Kier molecular flexibility index (Phi) is 8.55. The monoisotopic (exact) mass is 529 g/mol. The Morgan fingerprint density at radius 3 is 1.64 bits per heavy atom. The third-order valence-corrected chi connectivity index (χ3v) is 9.55. The molecule has 1 amide bonds. The number of amides is 1. The second kappa shape index (κ2) is 11.2. The molecule has 0 aliphatic heterocycles. The highest BCUT2D eigenvalue weighted by Crippen LogP contribution is 2.25. The van der Waals surface area contributed by atoms with Gasteiger partial charge in [0.25, 0.3) is 10.0 Å². The molecule has 0 radical (unpaired) electrons. The Hall–Kier alpha value is -3.21. The van der Waals surface area contributed by atoms with Crippen molar-refractivity contribution in [1.29, 1.82) is 0 Å². The van der Waals surface area contributed by atoms with Crippen LogP contribution < -0.4 is 9.62 Å². The zero-order chi connectivity index (χ0) is 26.5. The molecular weight excluding hydrogens is 498 g/mol. The third-order valence-electron chi connectivity index (χ3n) is 5.70. The highest BCUT2D eigenvalue weighted by molar-refractivity contribution is 7.92. The number of aryl methyl sites for hydroxylation is 2. The van der Waals surface area contributed by atoms with E-state index < -0.39 is 32.5 Å². The van der Waals surface area contributed by atoms with Crippen LogP contribution in [0.5, 0.6) is 0 Å². The molecule has 8 nitrogen and oxygen atoms in total. The summed E-state index contributed by atoms with van der Waals surface area (Å²) >= 11 is 0. The van der Waals surface area contributed by atoms with Crippen molar-refractivity contribution in [3.8, 4) is 0 Å². The van der Waals surface area contributed by atoms with Crippen LogP contribution in [-0.4, -0.2) is 46.7 Å². The first-order valence-electron chi connectivity index (χ1n) is 11.5. The van der Waals surface area contributed by atoms with Gasteiger partial charge in [-0.1, -0.05) is 49.2 Å². The molecule has 10 heteroatoms. The van der Waals surface area contributed by atoms with Crippen molar-refractivity contribution in [2.45, 2.75) is 37.5 Å². The molecule has 0 atom stereocenters. The number of hydrogen-bond donors (Lipinski definition) is 1. The minimum absolute atomic E-state index is 0.0763. The van der Waals surface area contributed by atoms with Gasteiger partial charge in [-0.25, -0.2) is 16.8 Å². The van der Waals surface area contributed by atoms with Gasteiger partial charge >= 0.3 is 0 Å². The number of hydrogen-bond acceptors (Lipinski definition) is 5. The molecule has 0 spiro atoms. The van der Waals surface area contributed by atoms with Crippen molar-refractivity contribution in [2.75, 3.05) is 29.3 Å². The van der Waals surface area contributed by atoms with E-state index in [1.165, 1.54) is 40.7 Å². The summed E-state index contributed by atoms with van der Waals surface area (Å²) in [4.78, 5) is 13.1. The molecule has 0 fully saturated rings. The Morgan fingerprint density at radius 2 is 1.14 bits per heavy atom. The van der Waals surface area contributed by atoms with Crippen LogP contribution in [0.1, 0.15) is 25.0 Å². The average molecular weight is 530 g/mol. The molecule has 0 unspecified atom stereocenters. The van der Waals surface area contributed by atoms with E-state index in [4.69, 9.17) is 0 Å². The number of anilines is 2. The van der Waals surface area contributed by atoms with E-state index in [0.717, 1.165) is 15.4 Å². The molecular formula is C26H31N3O5S2. The van der Waals surface area contributed by atoms with Gasteiger partial charge in [0.05, 0.1) is 15.5 Å². The van der Waals surface area contributed by atoms with Crippen LogP contribution in [0.25, 0.3) is 0 Å². The van der Waals surface area contributed by atoms with Gasteiger partial charge < -0.3 is 5.32 Å². The fourth-order valence-corrected chi connectivity index (χ4v) is 6.50. The lowest BCUT2D eigenvalue weighted by Crippen LogP contribution is -2.38. The summed E-state index contributed by atoms with van der Waals surface area (Å²) in [5, 5.41) is 2.67. The summed E-state index contributed by atoms with van der Waals surface area (Å²) in [5.41, 5.74) is 2.59. The van der Waals surface area contributed by atoms with Crippen molar-refractivity contribution in [1.82, 2.24) is 4.31 Å². The van der Waals surface area contributed by atoms with E-state index in [9.17, 15) is 21.6 Å². The highest BCUT2D eigenvalue weighted by atomic mass is 32.2. The lowest BCUT2D eigenvalue weighted by molar-refractivity contribution is -0.114. The highest BCUT2D eigenvalue weighted by Gasteiger charge is 2.27. The second-order valence-corrected chi connectivity index (χ2v) is 12.1. The van der Waals surface area contributed by atoms with Gasteiger partial charge in [0.1, 0.15) is 6.54 Å². The summed E-state index contributed by atoms with van der Waals surface area (Å²) in [6, 6.07) is 19.1. The topological polar surface area (TPSA) is 104 Å². The van der Waals surface area contributed by atoms with Gasteiger partial charge in [-0.05, 0) is 62.4 Å². The van der Waals surface area contributed by atoms with Crippen LogP contribution in [0.2, 0.25) is 0 Å². The molecule has 192 valence electrons. The van der Waals surface area contributed by atoms with Crippen LogP contribution >= 0.6 is 0 Å². The Bertz CT molecular complexity index is 1400. The van der Waals surface area contributed by atoms with Gasteiger partial charge in [-0.15, -0.1) is 0 Å². The smallest absolute Gasteiger partial charge is 0.264 e. The fourth-order valence-electron chi connectivity index (χ4n) is 3.62. The van der Waals surface area contributed by atoms with Crippen molar-refractivity contribution < 1.29 is 21.6 Å². The van der Waals surface area contributed by atoms with E-state index in [1.807, 2.05) is 13.8 Å². The Labute approximate surface area is 213 Å². The normalized spacial score (nSPS) is 11.9. The molecule has 3 rings (SSSR count). The van der Waals surface area contributed by atoms with Gasteiger partial charge in [-0.2, -0.15) is 4.31 Å². The maximum atomic E-state index is 13.5. The van der Waals surface area contributed by atoms with E-state index in [-0.39, 0.29) is 9.79 Å². The molecule has 0 aliphatic carbocycles. The Balaban J connectivity index is 1.85. The number of sulfonamides is 2. The van der Waals surface area contributed by atoms with Gasteiger partial charge in [0.2, 0.25) is 15.9 Å². The van der Waals surface area contributed by atoms with Crippen molar-refractivity contribution in [3.63, 3.8) is 0 Å². The Morgan fingerprint density at radius 1 is 0.694 bits per heavy atom. The molecule has 3 aromatic rings. The predicted molar refractivity (Wildman–Crippen MR) is 142 cm³/mol. The lowest BCUT2D eigenvalue weighted by atomic mass is 10.2. The van der Waals surface area contributed by atoms with E-state index in [2.05, 4.69) is 5.32 Å². The van der Waals surface area contributed by atoms with Crippen LogP contribution in [0.3, 0.4) is 0 Å². The molecule has 0 saturated carbocycles. The maximum absolute atomic E-state index is 13.5. The van der Waals surface area contributed by atoms with E-state index in [0.29, 0.717) is 24.5 Å². The minimum atomic E-state index is -4.02. The molecule has 0 saturated heterocycles. The molecule has 0 aromatic heterocycles. The van der Waals surface area contributed by atoms with Crippen molar-refractivity contribution >= 4 is 37.3 Å². The average Bonchev–Trinajstić information content (AvgIpc) is 2.84. The number of benzene rings is 3. The summed E-state index contributed by atoms with van der Waals surface area (Å²) in [6.45, 7) is 7.52. The first-order chi connectivity index (χ1) is 17.0. The summed E-state index contributed by atoms with van der Waals surface area (Å²) in [5.74, 6) is -0.564.